The molecule has 1 N–H and O–H groups in total. The van der Waals surface area contributed by atoms with Crippen molar-refractivity contribution >= 4 is 23.8 Å². The van der Waals surface area contributed by atoms with Gasteiger partial charge in [0.25, 0.3) is 0 Å². The molecule has 0 radical (unpaired) electrons. The lowest BCUT2D eigenvalue weighted by atomic mass is 9.89. The predicted octanol–water partition coefficient (Wildman–Crippen LogP) is 3.90. The Hall–Kier alpha value is -2.08. The van der Waals surface area contributed by atoms with E-state index < -0.39 is 17.4 Å². The van der Waals surface area contributed by atoms with Crippen LogP contribution in [0.5, 0.6) is 0 Å². The monoisotopic (exact) mass is 420 g/mol. The third-order valence-corrected chi connectivity index (χ3v) is 5.53. The van der Waals surface area contributed by atoms with Gasteiger partial charge in [0.15, 0.2) is 6.29 Å². The van der Waals surface area contributed by atoms with Gasteiger partial charge in [-0.3, -0.25) is 9.59 Å². The van der Waals surface area contributed by atoms with Crippen LogP contribution in [0, 0.1) is 11.8 Å². The number of hydrogen-bond acceptors (Lipinski definition) is 6. The summed E-state index contributed by atoms with van der Waals surface area (Å²) < 4.78 is 4.67. The van der Waals surface area contributed by atoms with Crippen molar-refractivity contribution < 1.29 is 29.0 Å². The minimum absolute atomic E-state index is 0.0846. The fourth-order valence-corrected chi connectivity index (χ4v) is 3.66. The van der Waals surface area contributed by atoms with E-state index in [1.165, 1.54) is 0 Å². The zero-order chi connectivity index (χ0) is 22.4. The highest BCUT2D eigenvalue weighted by Gasteiger charge is 2.32. The number of Topliss-reactive ketones (excluding diaryl/α,β-unsaturated/α-hetero) is 2. The quantitative estimate of drug-likeness (QED) is 0.142. The molecule has 1 aliphatic rings. The molecule has 0 aliphatic heterocycles. The fourth-order valence-electron chi connectivity index (χ4n) is 3.66. The maximum absolute atomic E-state index is 12.2. The number of aldehydes is 1. The minimum atomic E-state index is -1.31. The van der Waals surface area contributed by atoms with E-state index in [1.54, 1.807) is 6.92 Å². The minimum Gasteiger partial charge on any atom is -0.460 e. The average molecular weight is 421 g/mol. The Morgan fingerprint density at radius 2 is 1.97 bits per heavy atom. The van der Waals surface area contributed by atoms with Crippen LogP contribution in [-0.2, 0) is 23.9 Å². The highest BCUT2D eigenvalue weighted by molar-refractivity contribution is 6.33. The van der Waals surface area contributed by atoms with E-state index >= 15 is 0 Å². The molecule has 1 aliphatic carbocycles. The van der Waals surface area contributed by atoms with Crippen LogP contribution in [0.15, 0.2) is 24.3 Å². The molecule has 0 aromatic rings. The molecule has 1 unspecified atom stereocenters. The molecule has 0 spiro atoms. The van der Waals surface area contributed by atoms with Crippen LogP contribution in [0.25, 0.3) is 0 Å². The molecule has 0 aromatic carbocycles. The summed E-state index contributed by atoms with van der Waals surface area (Å²) in [5.41, 5.74) is -1.31. The Balaban J connectivity index is 2.44. The molecular formula is C24H36O6. The number of hydrogen-bond donors (Lipinski definition) is 1. The van der Waals surface area contributed by atoms with E-state index in [4.69, 9.17) is 0 Å². The summed E-state index contributed by atoms with van der Waals surface area (Å²) in [4.78, 5) is 46.2. The number of allylic oxidation sites excluding steroid dienone is 3. The van der Waals surface area contributed by atoms with Crippen molar-refractivity contribution in [2.75, 3.05) is 6.61 Å². The van der Waals surface area contributed by atoms with Gasteiger partial charge in [0.05, 0.1) is 6.61 Å². The van der Waals surface area contributed by atoms with Crippen LogP contribution in [0.2, 0.25) is 0 Å². The molecule has 6 nitrogen and oxygen atoms in total. The van der Waals surface area contributed by atoms with E-state index in [1.807, 2.05) is 31.2 Å². The van der Waals surface area contributed by atoms with Crippen molar-refractivity contribution in [1.29, 1.82) is 0 Å². The molecule has 6 heteroatoms. The molecule has 168 valence electrons. The molecule has 0 bridgehead atoms. The fraction of sp³-hybridized carbons (Fsp3) is 0.667. The second-order valence-electron chi connectivity index (χ2n) is 7.98. The van der Waals surface area contributed by atoms with E-state index in [0.29, 0.717) is 38.4 Å². The van der Waals surface area contributed by atoms with Crippen LogP contribution in [-0.4, -0.2) is 41.1 Å². The van der Waals surface area contributed by atoms with E-state index in [9.17, 15) is 24.3 Å². The summed E-state index contributed by atoms with van der Waals surface area (Å²) in [6.07, 6.45) is 14.2. The molecule has 0 heterocycles. The molecule has 0 aromatic heterocycles. The summed E-state index contributed by atoms with van der Waals surface area (Å²) in [6.45, 7) is 3.87. The van der Waals surface area contributed by atoms with Gasteiger partial charge >= 0.3 is 5.97 Å². The summed E-state index contributed by atoms with van der Waals surface area (Å²) in [6, 6.07) is 0. The average Bonchev–Trinajstić information content (AvgIpc) is 3.08. The lowest BCUT2D eigenvalue weighted by Crippen LogP contribution is -2.29. The third kappa shape index (κ3) is 9.16. The number of esters is 1. The second kappa shape index (κ2) is 14.0. The maximum atomic E-state index is 12.2. The van der Waals surface area contributed by atoms with Crippen molar-refractivity contribution in [2.45, 2.75) is 83.7 Å². The zero-order valence-corrected chi connectivity index (χ0v) is 18.3. The predicted molar refractivity (Wildman–Crippen MR) is 115 cm³/mol. The maximum Gasteiger partial charge on any atom is 0.374 e. The number of aliphatic hydroxyl groups is 1. The summed E-state index contributed by atoms with van der Waals surface area (Å²) in [5.74, 6) is -1.00. The molecule has 0 amide bonds. The highest BCUT2D eigenvalue weighted by atomic mass is 16.5. The van der Waals surface area contributed by atoms with Crippen molar-refractivity contribution in [3.63, 3.8) is 0 Å². The van der Waals surface area contributed by atoms with Gasteiger partial charge in [-0.1, -0.05) is 44.1 Å². The Morgan fingerprint density at radius 1 is 1.20 bits per heavy atom. The first-order valence-corrected chi connectivity index (χ1v) is 11.1. The SMILES string of the molecule is CCCCC(O)(C=O)CC=C[C@H]1CCC(=O)[C@@H]1CC=CCCCC(=O)C(=O)OCC. The number of rotatable bonds is 15. The van der Waals surface area contributed by atoms with Crippen LogP contribution in [0.1, 0.15) is 78.1 Å². The van der Waals surface area contributed by atoms with Crippen LogP contribution >= 0.6 is 0 Å². The number of carbonyl (C=O) groups excluding carboxylic acids is 4. The van der Waals surface area contributed by atoms with Crippen LogP contribution < -0.4 is 0 Å². The summed E-state index contributed by atoms with van der Waals surface area (Å²) >= 11 is 0. The summed E-state index contributed by atoms with van der Waals surface area (Å²) in [5, 5.41) is 10.3. The zero-order valence-electron chi connectivity index (χ0n) is 18.3. The Bertz CT molecular complexity index is 636. The molecule has 30 heavy (non-hydrogen) atoms. The van der Waals surface area contributed by atoms with Crippen molar-refractivity contribution in [2.24, 2.45) is 11.8 Å². The Kier molecular flexibility index (Phi) is 12.1. The lowest BCUT2D eigenvalue weighted by Gasteiger charge is -2.20. The van der Waals surface area contributed by atoms with Crippen molar-refractivity contribution in [1.82, 2.24) is 0 Å². The van der Waals surface area contributed by atoms with Crippen molar-refractivity contribution in [3.05, 3.63) is 24.3 Å². The number of ketones is 2. The first-order valence-electron chi connectivity index (χ1n) is 11.1. The van der Waals surface area contributed by atoms with Crippen molar-refractivity contribution in [3.8, 4) is 0 Å². The van der Waals surface area contributed by atoms with Crippen LogP contribution in [0.3, 0.4) is 0 Å². The molecule has 0 saturated heterocycles. The number of carbonyl (C=O) groups is 4. The number of ether oxygens (including phenoxy) is 1. The van der Waals surface area contributed by atoms with E-state index in [-0.39, 0.29) is 37.1 Å². The van der Waals surface area contributed by atoms with E-state index in [2.05, 4.69) is 4.74 Å². The van der Waals surface area contributed by atoms with Gasteiger partial charge in [0.1, 0.15) is 11.4 Å². The van der Waals surface area contributed by atoms with Crippen LogP contribution in [0.4, 0.5) is 0 Å². The number of unbranched alkanes of at least 4 members (excludes halogenated alkanes) is 2. The van der Waals surface area contributed by atoms with Gasteiger partial charge in [0, 0.05) is 25.2 Å². The van der Waals surface area contributed by atoms with E-state index in [0.717, 1.165) is 19.3 Å². The molecule has 1 rings (SSSR count). The molecule has 1 fully saturated rings. The van der Waals surface area contributed by atoms with Gasteiger partial charge in [-0.15, -0.1) is 0 Å². The van der Waals surface area contributed by atoms with Gasteiger partial charge in [-0.25, -0.2) is 4.79 Å². The van der Waals surface area contributed by atoms with Gasteiger partial charge in [0.2, 0.25) is 5.78 Å². The van der Waals surface area contributed by atoms with Gasteiger partial charge in [-0.05, 0) is 44.9 Å². The molecular weight excluding hydrogens is 384 g/mol. The smallest absolute Gasteiger partial charge is 0.374 e. The highest BCUT2D eigenvalue weighted by Crippen LogP contribution is 2.33. The topological polar surface area (TPSA) is 97.7 Å². The third-order valence-electron chi connectivity index (χ3n) is 5.53. The Labute approximate surface area is 179 Å². The Morgan fingerprint density at radius 3 is 2.63 bits per heavy atom. The molecule has 1 saturated carbocycles. The first-order chi connectivity index (χ1) is 14.4. The molecule has 3 atom stereocenters. The first kappa shape index (κ1) is 26.0. The lowest BCUT2D eigenvalue weighted by molar-refractivity contribution is -0.153. The largest absolute Gasteiger partial charge is 0.460 e. The van der Waals surface area contributed by atoms with Gasteiger partial charge in [-0.2, -0.15) is 0 Å². The standard InChI is InChI=1S/C24H36O6/c1-3-5-16-24(29,18-25)17-10-11-19-14-15-21(26)20(19)12-8-6-7-9-13-22(27)23(28)30-4-2/h6,8,10-11,18-20,29H,3-5,7,9,12-17H2,1-2H3/t19-,20+,24?/m0/s1. The normalized spacial score (nSPS) is 21.2. The second-order valence-corrected chi connectivity index (χ2v) is 7.98. The van der Waals surface area contributed by atoms with Gasteiger partial charge < -0.3 is 14.6 Å². The summed E-state index contributed by atoms with van der Waals surface area (Å²) in [7, 11) is 0.